The maximum absolute atomic E-state index is 11.9. The van der Waals surface area contributed by atoms with E-state index < -0.39 is 0 Å². The zero-order valence-electron chi connectivity index (χ0n) is 10.5. The van der Waals surface area contributed by atoms with Crippen LogP contribution in [0, 0.1) is 0 Å². The van der Waals surface area contributed by atoms with E-state index in [4.69, 9.17) is 0 Å². The summed E-state index contributed by atoms with van der Waals surface area (Å²) in [6.07, 6.45) is 2.92. The molecule has 6 heteroatoms. The Labute approximate surface area is 114 Å². The smallest absolute Gasteiger partial charge is 0.234 e. The van der Waals surface area contributed by atoms with Crippen molar-refractivity contribution >= 4 is 29.0 Å². The van der Waals surface area contributed by atoms with Gasteiger partial charge in [-0.25, -0.2) is 9.97 Å². The highest BCUT2D eigenvalue weighted by Gasteiger charge is 2.29. The van der Waals surface area contributed by atoms with Crippen molar-refractivity contribution in [1.82, 2.24) is 15.3 Å². The van der Waals surface area contributed by atoms with Crippen LogP contribution < -0.4 is 5.32 Å². The number of piperidine rings is 1. The lowest BCUT2D eigenvalue weighted by atomic mass is 9.88. The van der Waals surface area contributed by atoms with Gasteiger partial charge in [0.05, 0.1) is 11.4 Å². The summed E-state index contributed by atoms with van der Waals surface area (Å²) < 4.78 is 0. The molecule has 100 valence electrons. The second-order valence-electron chi connectivity index (χ2n) is 4.63. The summed E-state index contributed by atoms with van der Waals surface area (Å²) in [5.41, 5.74) is 1.40. The van der Waals surface area contributed by atoms with Gasteiger partial charge in [-0.05, 0) is 18.1 Å². The predicted molar refractivity (Wildman–Crippen MR) is 70.1 cm³/mol. The number of aromatic nitrogens is 2. The van der Waals surface area contributed by atoms with E-state index in [2.05, 4.69) is 15.3 Å². The highest BCUT2D eigenvalue weighted by molar-refractivity contribution is 6.02. The molecule has 1 aliphatic heterocycles. The van der Waals surface area contributed by atoms with Crippen LogP contribution in [0.4, 0.5) is 0 Å². The molecule has 2 heterocycles. The fraction of sp³-hybridized carbons (Fsp3) is 0.214. The molecule has 20 heavy (non-hydrogen) atoms. The van der Waals surface area contributed by atoms with Crippen molar-refractivity contribution in [3.63, 3.8) is 0 Å². The fourth-order valence-corrected chi connectivity index (χ4v) is 2.44. The number of imide groups is 1. The average molecular weight is 269 g/mol. The van der Waals surface area contributed by atoms with E-state index in [-0.39, 0.29) is 23.6 Å². The Morgan fingerprint density at radius 2 is 2.15 bits per heavy atom. The van der Waals surface area contributed by atoms with Crippen LogP contribution in [0.2, 0.25) is 0 Å². The third-order valence-electron chi connectivity index (χ3n) is 3.40. The zero-order chi connectivity index (χ0) is 14.1. The summed E-state index contributed by atoms with van der Waals surface area (Å²) in [7, 11) is 0. The summed E-state index contributed by atoms with van der Waals surface area (Å²) in [6.45, 7) is 0. The summed E-state index contributed by atoms with van der Waals surface area (Å²) in [4.78, 5) is 41.9. The Morgan fingerprint density at radius 1 is 1.30 bits per heavy atom. The normalized spacial score (nSPS) is 18.9. The number of amides is 2. The van der Waals surface area contributed by atoms with Gasteiger partial charge >= 0.3 is 0 Å². The van der Waals surface area contributed by atoms with Crippen LogP contribution in [0.15, 0.2) is 24.4 Å². The van der Waals surface area contributed by atoms with Crippen molar-refractivity contribution in [2.24, 2.45) is 0 Å². The lowest BCUT2D eigenvalue weighted by Crippen LogP contribution is -2.39. The van der Waals surface area contributed by atoms with Crippen LogP contribution >= 0.6 is 0 Å². The van der Waals surface area contributed by atoms with Gasteiger partial charge in [0.25, 0.3) is 0 Å². The van der Waals surface area contributed by atoms with Crippen molar-refractivity contribution in [3.05, 3.63) is 35.8 Å². The topological polar surface area (TPSA) is 89.0 Å². The molecule has 2 aromatic rings. The van der Waals surface area contributed by atoms with Gasteiger partial charge in [-0.3, -0.25) is 19.7 Å². The van der Waals surface area contributed by atoms with Gasteiger partial charge in [0.2, 0.25) is 11.8 Å². The number of fused-ring (bicyclic) bond motifs is 1. The molecule has 1 atom stereocenters. The van der Waals surface area contributed by atoms with Gasteiger partial charge in [0, 0.05) is 18.0 Å². The molecule has 0 bridgehead atoms. The van der Waals surface area contributed by atoms with Crippen LogP contribution in [0.5, 0.6) is 0 Å². The Balaban J connectivity index is 2.09. The van der Waals surface area contributed by atoms with Gasteiger partial charge in [-0.1, -0.05) is 12.1 Å². The number of nitrogens with one attached hydrogen (secondary N) is 1. The molecule has 3 rings (SSSR count). The second-order valence-corrected chi connectivity index (χ2v) is 4.63. The Hall–Kier alpha value is -2.63. The molecular weight excluding hydrogens is 258 g/mol. The van der Waals surface area contributed by atoms with Crippen molar-refractivity contribution in [2.75, 3.05) is 0 Å². The quantitative estimate of drug-likeness (QED) is 0.648. The molecule has 2 amide bonds. The predicted octanol–water partition coefficient (Wildman–Crippen LogP) is 0.962. The first-order valence-corrected chi connectivity index (χ1v) is 6.23. The first-order valence-electron chi connectivity index (χ1n) is 6.23. The highest BCUT2D eigenvalue weighted by atomic mass is 16.2. The summed E-state index contributed by atoms with van der Waals surface area (Å²) in [6, 6.07) is 5.37. The molecule has 0 saturated carbocycles. The molecule has 0 aliphatic carbocycles. The number of hydrogen-bond donors (Lipinski definition) is 1. The van der Waals surface area contributed by atoms with Crippen LogP contribution in [0.3, 0.4) is 0 Å². The Bertz CT molecular complexity index is 727. The van der Waals surface area contributed by atoms with E-state index in [0.29, 0.717) is 24.6 Å². The maximum Gasteiger partial charge on any atom is 0.234 e. The molecule has 1 saturated heterocycles. The fourth-order valence-electron chi connectivity index (χ4n) is 2.44. The number of hydrogen-bond acceptors (Lipinski definition) is 5. The number of aldehydes is 1. The second kappa shape index (κ2) is 4.80. The van der Waals surface area contributed by atoms with Crippen LogP contribution in [-0.2, 0) is 9.59 Å². The van der Waals surface area contributed by atoms with Crippen LogP contribution in [-0.4, -0.2) is 28.1 Å². The van der Waals surface area contributed by atoms with E-state index in [9.17, 15) is 14.4 Å². The summed E-state index contributed by atoms with van der Waals surface area (Å²) in [5, 5.41) is 3.07. The maximum atomic E-state index is 11.9. The minimum Gasteiger partial charge on any atom is -0.296 e. The third-order valence-corrected chi connectivity index (χ3v) is 3.40. The van der Waals surface area contributed by atoms with E-state index in [0.717, 1.165) is 10.9 Å². The molecule has 6 nitrogen and oxygen atoms in total. The lowest BCUT2D eigenvalue weighted by molar-refractivity contribution is -0.134. The van der Waals surface area contributed by atoms with E-state index >= 15 is 0 Å². The Kier molecular flexibility index (Phi) is 2.98. The van der Waals surface area contributed by atoms with Gasteiger partial charge in [0.1, 0.15) is 0 Å². The van der Waals surface area contributed by atoms with E-state index in [1.807, 2.05) is 6.07 Å². The third kappa shape index (κ3) is 2.05. The van der Waals surface area contributed by atoms with Gasteiger partial charge in [0.15, 0.2) is 12.1 Å². The summed E-state index contributed by atoms with van der Waals surface area (Å²) >= 11 is 0. The van der Waals surface area contributed by atoms with Gasteiger partial charge in [-0.2, -0.15) is 0 Å². The Morgan fingerprint density at radius 3 is 2.90 bits per heavy atom. The number of carbonyl (C=O) groups excluding carboxylic acids is 3. The molecule has 1 fully saturated rings. The van der Waals surface area contributed by atoms with Crippen molar-refractivity contribution in [3.8, 4) is 0 Å². The number of nitrogens with zero attached hydrogens (tertiary/aromatic N) is 2. The monoisotopic (exact) mass is 269 g/mol. The molecule has 1 N–H and O–H groups in total. The minimum absolute atomic E-state index is 0.109. The molecule has 1 aliphatic rings. The molecular formula is C14H11N3O3. The minimum atomic E-state index is -0.387. The standard InChI is InChI=1S/C14H11N3O3/c18-7-12-15-6-10-8(2-1-3-11(10)16-12)9-4-5-13(19)17-14(9)20/h1-3,6-7,9H,4-5H2,(H,17,19,20). The number of carbonyl (C=O) groups is 3. The molecule has 1 unspecified atom stereocenters. The molecule has 1 aromatic heterocycles. The first kappa shape index (κ1) is 12.4. The van der Waals surface area contributed by atoms with Crippen molar-refractivity contribution in [1.29, 1.82) is 0 Å². The van der Waals surface area contributed by atoms with Gasteiger partial charge < -0.3 is 0 Å². The zero-order valence-corrected chi connectivity index (χ0v) is 10.5. The van der Waals surface area contributed by atoms with Crippen molar-refractivity contribution in [2.45, 2.75) is 18.8 Å². The largest absolute Gasteiger partial charge is 0.296 e. The lowest BCUT2D eigenvalue weighted by Gasteiger charge is -2.22. The van der Waals surface area contributed by atoms with Gasteiger partial charge in [-0.15, -0.1) is 0 Å². The molecule has 0 radical (unpaired) electrons. The molecule has 1 aromatic carbocycles. The van der Waals surface area contributed by atoms with Crippen LogP contribution in [0.25, 0.3) is 10.9 Å². The molecule has 0 spiro atoms. The number of benzene rings is 1. The summed E-state index contributed by atoms with van der Waals surface area (Å²) in [5.74, 6) is -0.820. The van der Waals surface area contributed by atoms with Crippen LogP contribution in [0.1, 0.15) is 34.9 Å². The SMILES string of the molecule is O=Cc1ncc2c(C3CCC(=O)NC3=O)cccc2n1. The number of rotatable bonds is 2. The highest BCUT2D eigenvalue weighted by Crippen LogP contribution is 2.29. The first-order chi connectivity index (χ1) is 9.69. The van der Waals surface area contributed by atoms with E-state index in [1.54, 1.807) is 18.3 Å². The average Bonchev–Trinajstić information content (AvgIpc) is 2.46. The van der Waals surface area contributed by atoms with Crippen molar-refractivity contribution < 1.29 is 14.4 Å². The van der Waals surface area contributed by atoms with E-state index in [1.165, 1.54) is 0 Å².